The van der Waals surface area contributed by atoms with Crippen LogP contribution in [0.5, 0.6) is 0 Å². The van der Waals surface area contributed by atoms with Crippen LogP contribution in [0.4, 0.5) is 17.3 Å². The molecule has 4 aromatic carbocycles. The molecule has 0 N–H and O–H groups in total. The van der Waals surface area contributed by atoms with Crippen molar-refractivity contribution in [3.05, 3.63) is 145 Å². The Morgan fingerprint density at radius 2 is 0.975 bits per heavy atom. The minimum atomic E-state index is -6.00. The van der Waals surface area contributed by atoms with Crippen LogP contribution in [0.2, 0.25) is 0 Å². The average molecular weight is 536 g/mol. The van der Waals surface area contributed by atoms with Crippen molar-refractivity contribution in [2.75, 3.05) is 0 Å². The number of fused-ring (bicyclic) bond motifs is 1. The summed E-state index contributed by atoms with van der Waals surface area (Å²) in [5.74, 6) is 0. The Morgan fingerprint density at radius 1 is 0.525 bits per heavy atom. The molecule has 0 unspecified atom stereocenters. The van der Waals surface area contributed by atoms with Crippen LogP contribution in [0.15, 0.2) is 140 Å². The van der Waals surface area contributed by atoms with Crippen LogP contribution in [0.3, 0.4) is 0 Å². The number of para-hydroxylation sites is 1. The molecule has 40 heavy (non-hydrogen) atoms. The van der Waals surface area contributed by atoms with Crippen molar-refractivity contribution < 1.29 is 21.8 Å². The van der Waals surface area contributed by atoms with Gasteiger partial charge in [0, 0.05) is 40.4 Å². The molecule has 6 rings (SSSR count). The van der Waals surface area contributed by atoms with Gasteiger partial charge in [-0.2, -0.15) is 4.57 Å². The first-order chi connectivity index (χ1) is 19.3. The number of aromatic nitrogens is 2. The highest BCUT2D eigenvalue weighted by atomic mass is 19.5. The van der Waals surface area contributed by atoms with Crippen LogP contribution in [-0.4, -0.2) is 12.2 Å². The van der Waals surface area contributed by atoms with E-state index in [1.54, 1.807) is 0 Å². The minimum absolute atomic E-state index is 0.724. The van der Waals surface area contributed by atoms with Crippen LogP contribution in [0.25, 0.3) is 44.5 Å². The number of nitrogens with zero attached hydrogens (tertiary/aromatic N) is 2. The quantitative estimate of drug-likeness (QED) is 0.122. The summed E-state index contributed by atoms with van der Waals surface area (Å²) in [6.45, 7) is 0.724. The molecule has 0 radical (unpaired) electrons. The summed E-state index contributed by atoms with van der Waals surface area (Å²) in [5, 5.41) is 1.16. The van der Waals surface area contributed by atoms with Gasteiger partial charge in [0.15, 0.2) is 6.54 Å². The van der Waals surface area contributed by atoms with Gasteiger partial charge in [0.1, 0.15) is 0 Å². The van der Waals surface area contributed by atoms with Gasteiger partial charge in [-0.3, -0.25) is 4.98 Å². The van der Waals surface area contributed by atoms with Crippen molar-refractivity contribution in [1.29, 1.82) is 0 Å². The van der Waals surface area contributed by atoms with Gasteiger partial charge < -0.3 is 17.3 Å². The molecule has 0 spiro atoms. The Balaban J connectivity index is 0.000000595. The lowest BCUT2D eigenvalue weighted by atomic mass is 9.98. The highest BCUT2D eigenvalue weighted by Crippen LogP contribution is 2.29. The van der Waals surface area contributed by atoms with Crippen LogP contribution in [0, 0.1) is 0 Å². The van der Waals surface area contributed by atoms with Gasteiger partial charge in [0.05, 0.1) is 5.52 Å². The second-order valence-electron chi connectivity index (χ2n) is 9.23. The number of halogens is 4. The normalized spacial score (nSPS) is 11.1. The maximum Gasteiger partial charge on any atom is 0.673 e. The molecule has 6 aromatic rings. The molecule has 0 saturated carbocycles. The molecule has 0 amide bonds. The summed E-state index contributed by atoms with van der Waals surface area (Å²) in [6.07, 6.45) is 2.00. The van der Waals surface area contributed by atoms with Gasteiger partial charge in [-0.25, -0.2) is 0 Å². The minimum Gasteiger partial charge on any atom is -0.418 e. The molecule has 0 aliphatic carbocycles. The van der Waals surface area contributed by atoms with Crippen LogP contribution < -0.4 is 4.57 Å². The standard InChI is InChI=1S/C33H25N2.BF4/c1-4-12-26(13-5-1)30-21-32(27-14-6-2-7-15-27)35(33(22-30)28-16-8-3-9-17-28)24-25-20-29-18-10-11-19-31(29)34-23-25;2-1(3,4)5/h1-23H,24H2;/q+1;-1. The number of pyridine rings is 2. The Bertz CT molecular complexity index is 1640. The van der Waals surface area contributed by atoms with E-state index in [9.17, 15) is 17.3 Å². The van der Waals surface area contributed by atoms with Gasteiger partial charge in [-0.15, -0.1) is 0 Å². The molecule has 0 atom stereocenters. The lowest BCUT2D eigenvalue weighted by Gasteiger charge is -2.13. The molecule has 2 aromatic heterocycles. The fourth-order valence-corrected chi connectivity index (χ4v) is 4.67. The first-order valence-corrected chi connectivity index (χ1v) is 12.8. The maximum absolute atomic E-state index is 9.75. The van der Waals surface area contributed by atoms with Crippen LogP contribution >= 0.6 is 0 Å². The van der Waals surface area contributed by atoms with Crippen molar-refractivity contribution in [3.63, 3.8) is 0 Å². The van der Waals surface area contributed by atoms with E-state index in [1.807, 2.05) is 12.3 Å². The van der Waals surface area contributed by atoms with Crippen molar-refractivity contribution >= 4 is 18.2 Å². The Hall–Kier alpha value is -4.78. The predicted octanol–water partition coefficient (Wildman–Crippen LogP) is 8.87. The van der Waals surface area contributed by atoms with Crippen molar-refractivity contribution in [2.24, 2.45) is 0 Å². The highest BCUT2D eigenvalue weighted by Gasteiger charge is 2.23. The van der Waals surface area contributed by atoms with E-state index in [2.05, 4.69) is 132 Å². The van der Waals surface area contributed by atoms with E-state index in [0.29, 0.717) is 0 Å². The highest BCUT2D eigenvalue weighted by molar-refractivity contribution is 6.50. The first-order valence-electron chi connectivity index (χ1n) is 12.8. The first kappa shape index (κ1) is 26.8. The van der Waals surface area contributed by atoms with E-state index in [0.717, 1.165) is 17.4 Å². The van der Waals surface area contributed by atoms with Gasteiger partial charge >= 0.3 is 7.25 Å². The van der Waals surface area contributed by atoms with Gasteiger partial charge in [-0.1, -0.05) is 84.9 Å². The third kappa shape index (κ3) is 6.80. The molecular weight excluding hydrogens is 511 g/mol. The smallest absolute Gasteiger partial charge is 0.418 e. The number of rotatable bonds is 5. The second kappa shape index (κ2) is 12.0. The molecule has 0 bridgehead atoms. The molecule has 198 valence electrons. The van der Waals surface area contributed by atoms with E-state index >= 15 is 0 Å². The lowest BCUT2D eigenvalue weighted by Crippen LogP contribution is -2.39. The van der Waals surface area contributed by atoms with Crippen molar-refractivity contribution in [3.8, 4) is 33.6 Å². The third-order valence-electron chi connectivity index (χ3n) is 6.40. The van der Waals surface area contributed by atoms with E-state index < -0.39 is 7.25 Å². The zero-order valence-electron chi connectivity index (χ0n) is 21.5. The lowest BCUT2D eigenvalue weighted by molar-refractivity contribution is -0.666. The molecular formula is C33H25BF4N2. The Labute approximate surface area is 230 Å². The molecule has 2 nitrogen and oxygen atoms in total. The molecule has 0 fully saturated rings. The van der Waals surface area contributed by atoms with Gasteiger partial charge in [0.25, 0.3) is 0 Å². The summed E-state index contributed by atoms with van der Waals surface area (Å²) in [6, 6.07) is 47.1. The third-order valence-corrected chi connectivity index (χ3v) is 6.40. The Morgan fingerprint density at radius 3 is 1.50 bits per heavy atom. The molecule has 0 saturated heterocycles. The fraction of sp³-hybridized carbons (Fsp3) is 0.0303. The average Bonchev–Trinajstić information content (AvgIpc) is 2.98. The second-order valence-corrected chi connectivity index (χ2v) is 9.23. The number of hydrogen-bond donors (Lipinski definition) is 0. The molecule has 7 heteroatoms. The van der Waals surface area contributed by atoms with Gasteiger partial charge in [0.2, 0.25) is 11.4 Å². The van der Waals surface area contributed by atoms with E-state index in [4.69, 9.17) is 4.98 Å². The number of hydrogen-bond acceptors (Lipinski definition) is 1. The monoisotopic (exact) mass is 536 g/mol. The zero-order chi connectivity index (χ0) is 28.0. The molecule has 0 aliphatic rings. The SMILES string of the molecule is F[B-](F)(F)F.c1ccc(-c2cc(-c3ccccc3)[n+](Cc3cnc4ccccc4c3)c(-c3ccccc3)c2)cc1. The fourth-order valence-electron chi connectivity index (χ4n) is 4.67. The van der Waals surface area contributed by atoms with Crippen molar-refractivity contribution in [2.45, 2.75) is 6.54 Å². The van der Waals surface area contributed by atoms with Crippen LogP contribution in [0.1, 0.15) is 5.56 Å². The number of benzene rings is 4. The maximum atomic E-state index is 9.75. The van der Waals surface area contributed by atoms with Gasteiger partial charge in [-0.05, 0) is 47.5 Å². The summed E-state index contributed by atoms with van der Waals surface area (Å²) in [7, 11) is -6.00. The van der Waals surface area contributed by atoms with Crippen molar-refractivity contribution in [1.82, 2.24) is 4.98 Å². The summed E-state index contributed by atoms with van der Waals surface area (Å²) >= 11 is 0. The Kier molecular flexibility index (Phi) is 8.01. The van der Waals surface area contributed by atoms with E-state index in [1.165, 1.54) is 39.2 Å². The predicted molar refractivity (Wildman–Crippen MR) is 154 cm³/mol. The summed E-state index contributed by atoms with van der Waals surface area (Å²) in [5.41, 5.74) is 9.35. The van der Waals surface area contributed by atoms with E-state index in [-0.39, 0.29) is 0 Å². The topological polar surface area (TPSA) is 16.8 Å². The zero-order valence-corrected chi connectivity index (χ0v) is 21.5. The summed E-state index contributed by atoms with van der Waals surface area (Å²) < 4.78 is 41.4. The molecule has 2 heterocycles. The van der Waals surface area contributed by atoms with Crippen LogP contribution in [-0.2, 0) is 6.54 Å². The summed E-state index contributed by atoms with van der Waals surface area (Å²) in [4.78, 5) is 4.73. The molecule has 0 aliphatic heterocycles. The largest absolute Gasteiger partial charge is 0.673 e.